The van der Waals surface area contributed by atoms with Gasteiger partial charge in [0.05, 0.1) is 0 Å². The second-order valence-corrected chi connectivity index (χ2v) is 9.51. The summed E-state index contributed by atoms with van der Waals surface area (Å²) in [6, 6.07) is 34.5. The molecule has 0 atom stereocenters. The maximum absolute atomic E-state index is 14.2. The van der Waals surface area contributed by atoms with Crippen molar-refractivity contribution >= 4 is 43.9 Å². The van der Waals surface area contributed by atoms with E-state index in [0.717, 1.165) is 38.1 Å². The van der Waals surface area contributed by atoms with E-state index < -0.39 is 17.4 Å². The highest BCUT2D eigenvalue weighted by Gasteiger charge is 2.57. The second-order valence-electron chi connectivity index (χ2n) is 9.51. The number of carbonyl (C=O) groups is 2. The Kier molecular flexibility index (Phi) is 3.86. The monoisotopic (exact) mass is 478 g/mol. The molecule has 1 aliphatic carbocycles. The van der Waals surface area contributed by atoms with E-state index in [1.165, 1.54) is 0 Å². The molecule has 1 spiro atoms. The van der Waals surface area contributed by atoms with Crippen molar-refractivity contribution < 1.29 is 19.1 Å². The van der Waals surface area contributed by atoms with Crippen LogP contribution in [0.2, 0.25) is 0 Å². The first-order valence-corrected chi connectivity index (χ1v) is 12.2. The molecular formula is C33H18O4. The Balaban J connectivity index is 1.50. The van der Waals surface area contributed by atoms with Gasteiger partial charge in [-0.1, -0.05) is 97.1 Å². The van der Waals surface area contributed by atoms with E-state index in [-0.39, 0.29) is 0 Å². The number of hydrogen-bond donors (Lipinski definition) is 0. The van der Waals surface area contributed by atoms with Gasteiger partial charge in [-0.05, 0) is 39.1 Å². The predicted molar refractivity (Wildman–Crippen MR) is 143 cm³/mol. The van der Waals surface area contributed by atoms with Gasteiger partial charge in [-0.25, -0.2) is 0 Å². The van der Waals surface area contributed by atoms with E-state index in [1.807, 2.05) is 97.1 Å². The minimum atomic E-state index is -2.17. The predicted octanol–water partition coefficient (Wildman–Crippen LogP) is 7.36. The Hall–Kier alpha value is -4.96. The minimum absolute atomic E-state index is 0.416. The fraction of sp³-hybridized carbons (Fsp3) is 0.0303. The van der Waals surface area contributed by atoms with E-state index in [4.69, 9.17) is 9.47 Å². The molecule has 2 aliphatic rings. The zero-order valence-corrected chi connectivity index (χ0v) is 19.5. The molecule has 0 radical (unpaired) electrons. The molecular weight excluding hydrogens is 460 g/mol. The van der Waals surface area contributed by atoms with E-state index in [0.29, 0.717) is 28.0 Å². The topological polar surface area (TPSA) is 52.6 Å². The smallest absolute Gasteiger partial charge is 0.383 e. The molecule has 174 valence electrons. The molecule has 8 rings (SSSR count). The number of benzene rings is 6. The Morgan fingerprint density at radius 1 is 0.459 bits per heavy atom. The molecule has 6 aromatic rings. The van der Waals surface area contributed by atoms with Crippen LogP contribution in [0.15, 0.2) is 109 Å². The largest absolute Gasteiger partial charge is 0.439 e. The average Bonchev–Trinajstić information content (AvgIpc) is 3.10. The van der Waals surface area contributed by atoms with Gasteiger partial charge in [0.2, 0.25) is 0 Å². The van der Waals surface area contributed by atoms with Crippen molar-refractivity contribution in [3.63, 3.8) is 0 Å². The fourth-order valence-electron chi connectivity index (χ4n) is 5.88. The standard InChI is InChI=1S/C33H18O4/c34-31-24-13-5-9-21-10-6-14-25(28(21)24)32(35)33(31)36-26-17-15-19-7-1-3-11-22(19)29(26)30-23-12-4-2-8-20(23)16-18-27(30)37-33/h1-18H. The second kappa shape index (κ2) is 7.05. The molecule has 1 aliphatic heterocycles. The Bertz CT molecular complexity index is 1840. The molecule has 6 aromatic carbocycles. The van der Waals surface area contributed by atoms with Crippen molar-refractivity contribution in [2.45, 2.75) is 5.79 Å². The number of ether oxygens (including phenoxy) is 2. The first kappa shape index (κ1) is 20.3. The summed E-state index contributed by atoms with van der Waals surface area (Å²) in [5, 5.41) is 5.43. The third-order valence-corrected chi connectivity index (χ3v) is 7.53. The van der Waals surface area contributed by atoms with Gasteiger partial charge >= 0.3 is 5.79 Å². The van der Waals surface area contributed by atoms with E-state index in [1.54, 1.807) is 12.1 Å². The maximum Gasteiger partial charge on any atom is 0.383 e. The minimum Gasteiger partial charge on any atom is -0.439 e. The average molecular weight is 479 g/mol. The summed E-state index contributed by atoms with van der Waals surface area (Å²) in [4.78, 5) is 28.4. The number of Topliss-reactive ketones (excluding diaryl/α,β-unsaturated/α-hetero) is 2. The molecule has 4 heteroatoms. The molecule has 0 saturated carbocycles. The molecule has 0 amide bonds. The fourth-order valence-corrected chi connectivity index (χ4v) is 5.88. The third kappa shape index (κ3) is 2.56. The number of fused-ring (bicyclic) bond motifs is 7. The number of ketones is 2. The van der Waals surface area contributed by atoms with Crippen molar-refractivity contribution in [1.82, 2.24) is 0 Å². The van der Waals surface area contributed by atoms with Crippen LogP contribution in [0.5, 0.6) is 11.5 Å². The van der Waals surface area contributed by atoms with Gasteiger partial charge in [0.1, 0.15) is 11.5 Å². The summed E-state index contributed by atoms with van der Waals surface area (Å²) < 4.78 is 13.0. The molecule has 37 heavy (non-hydrogen) atoms. The van der Waals surface area contributed by atoms with Gasteiger partial charge in [0.25, 0.3) is 11.6 Å². The van der Waals surface area contributed by atoms with Crippen LogP contribution in [0, 0.1) is 0 Å². The highest BCUT2D eigenvalue weighted by atomic mass is 16.7. The highest BCUT2D eigenvalue weighted by Crippen LogP contribution is 2.51. The van der Waals surface area contributed by atoms with Crippen LogP contribution in [-0.4, -0.2) is 17.4 Å². The molecule has 0 unspecified atom stereocenters. The van der Waals surface area contributed by atoms with Crippen molar-refractivity contribution in [2.24, 2.45) is 0 Å². The number of carbonyl (C=O) groups excluding carboxylic acids is 2. The molecule has 0 saturated heterocycles. The SMILES string of the molecule is O=C1c2cccc3cccc(c23)C(=O)C12Oc1ccc3ccccc3c1-c1c(ccc3ccccc13)O2. The summed E-state index contributed by atoms with van der Waals surface area (Å²) >= 11 is 0. The maximum atomic E-state index is 14.2. The summed E-state index contributed by atoms with van der Waals surface area (Å²) in [5.41, 5.74) is 2.44. The molecule has 1 heterocycles. The van der Waals surface area contributed by atoms with Gasteiger partial charge in [-0.15, -0.1) is 0 Å². The Morgan fingerprint density at radius 3 is 1.43 bits per heavy atom. The molecule has 0 bridgehead atoms. The lowest BCUT2D eigenvalue weighted by atomic mass is 9.82. The van der Waals surface area contributed by atoms with Gasteiger partial charge in [0, 0.05) is 27.6 Å². The number of rotatable bonds is 0. The van der Waals surface area contributed by atoms with E-state index >= 15 is 0 Å². The van der Waals surface area contributed by atoms with Gasteiger partial charge in [-0.2, -0.15) is 0 Å². The molecule has 0 aromatic heterocycles. The van der Waals surface area contributed by atoms with Gasteiger partial charge in [-0.3, -0.25) is 9.59 Å². The number of hydrogen-bond acceptors (Lipinski definition) is 4. The van der Waals surface area contributed by atoms with Crippen LogP contribution >= 0.6 is 0 Å². The zero-order chi connectivity index (χ0) is 24.7. The first-order valence-electron chi connectivity index (χ1n) is 12.2. The summed E-state index contributed by atoms with van der Waals surface area (Å²) in [7, 11) is 0. The van der Waals surface area contributed by atoms with Crippen LogP contribution in [0.3, 0.4) is 0 Å². The molecule has 4 nitrogen and oxygen atoms in total. The van der Waals surface area contributed by atoms with Crippen LogP contribution in [-0.2, 0) is 0 Å². The van der Waals surface area contributed by atoms with Crippen molar-refractivity contribution in [3.8, 4) is 22.6 Å². The van der Waals surface area contributed by atoms with Crippen LogP contribution in [0.25, 0.3) is 43.4 Å². The lowest BCUT2D eigenvalue weighted by molar-refractivity contribution is -0.0524. The Morgan fingerprint density at radius 2 is 0.919 bits per heavy atom. The summed E-state index contributed by atoms with van der Waals surface area (Å²) in [6.07, 6.45) is 0. The molecule has 0 N–H and O–H groups in total. The van der Waals surface area contributed by atoms with Crippen LogP contribution in [0.1, 0.15) is 20.7 Å². The van der Waals surface area contributed by atoms with Gasteiger partial charge in [0.15, 0.2) is 0 Å². The van der Waals surface area contributed by atoms with E-state index in [9.17, 15) is 9.59 Å². The van der Waals surface area contributed by atoms with E-state index in [2.05, 4.69) is 0 Å². The summed E-state index contributed by atoms with van der Waals surface area (Å²) in [6.45, 7) is 0. The summed E-state index contributed by atoms with van der Waals surface area (Å²) in [5.74, 6) is -2.30. The first-order chi connectivity index (χ1) is 18.2. The quantitative estimate of drug-likeness (QED) is 0.214. The third-order valence-electron chi connectivity index (χ3n) is 7.53. The van der Waals surface area contributed by atoms with Crippen LogP contribution in [0.4, 0.5) is 0 Å². The molecule has 0 fully saturated rings. The zero-order valence-electron chi connectivity index (χ0n) is 19.5. The van der Waals surface area contributed by atoms with Crippen molar-refractivity contribution in [3.05, 3.63) is 120 Å². The Labute approximate surface area is 211 Å². The van der Waals surface area contributed by atoms with Crippen molar-refractivity contribution in [1.29, 1.82) is 0 Å². The van der Waals surface area contributed by atoms with Gasteiger partial charge < -0.3 is 9.47 Å². The van der Waals surface area contributed by atoms with Crippen LogP contribution < -0.4 is 9.47 Å². The lowest BCUT2D eigenvalue weighted by Crippen LogP contribution is -2.58. The highest BCUT2D eigenvalue weighted by molar-refractivity contribution is 6.33. The lowest BCUT2D eigenvalue weighted by Gasteiger charge is -2.34. The van der Waals surface area contributed by atoms with Crippen molar-refractivity contribution in [2.75, 3.05) is 0 Å². The normalized spacial score (nSPS) is 15.2.